The predicted molar refractivity (Wildman–Crippen MR) is 185 cm³/mol. The number of sulfone groups is 1. The van der Waals surface area contributed by atoms with Gasteiger partial charge in [-0.3, -0.25) is 0 Å². The highest BCUT2D eigenvalue weighted by Crippen LogP contribution is 2.40. The molecule has 1 aliphatic heterocycles. The first kappa shape index (κ1) is 37.3. The second-order valence-corrected chi connectivity index (χ2v) is 16.5. The zero-order valence-corrected chi connectivity index (χ0v) is 29.5. The molecule has 1 atom stereocenters. The number of hydrogen-bond acceptors (Lipinski definition) is 6. The number of piperidine rings is 1. The summed E-state index contributed by atoms with van der Waals surface area (Å²) in [5.74, 6) is 1.29. The number of benzene rings is 2. The Hall–Kier alpha value is -3.45. The van der Waals surface area contributed by atoms with Gasteiger partial charge in [0.1, 0.15) is 0 Å². The molecule has 2 aliphatic carbocycles. The minimum atomic E-state index is -4.99. The molecular weight excluding hydrogens is 690 g/mol. The highest BCUT2D eigenvalue weighted by molar-refractivity contribution is 7.91. The molecule has 2 aromatic carbocycles. The molecule has 0 spiro atoms. The topological polar surface area (TPSA) is 75.2 Å². The van der Waals surface area contributed by atoms with Gasteiger partial charge in [-0.25, -0.2) is 18.4 Å². The summed E-state index contributed by atoms with van der Waals surface area (Å²) in [6.07, 6.45) is 4.38. The first-order chi connectivity index (χ1) is 24.2. The number of rotatable bonds is 8. The molecule has 276 valence electrons. The second kappa shape index (κ2) is 15.3. The van der Waals surface area contributed by atoms with Crippen molar-refractivity contribution in [2.75, 3.05) is 31.2 Å². The van der Waals surface area contributed by atoms with Crippen molar-refractivity contribution in [3.63, 3.8) is 0 Å². The van der Waals surface area contributed by atoms with Gasteiger partial charge in [0.05, 0.1) is 27.5 Å². The standard InChI is InChI=1S/C38H44F6N4O2S/c1-48-18-15-25(16-19-48)17-20-51(49,50)32-11-7-28(8-12-32)33-13-9-27(26-5-3-2-4-6-26)10-14-35-34(33)24-45-36(47-35)46-31-22-29(37(39,40)41)21-30(23-31)38(42,43)44/h7-8,11-13,21-27H,2-6,9-10,14-20H2,1H3,(H,45,46,47)/b33-13-. The number of anilines is 2. The van der Waals surface area contributed by atoms with Crippen LogP contribution in [0.15, 0.2) is 59.6 Å². The number of nitrogens with one attached hydrogen (secondary N) is 1. The highest BCUT2D eigenvalue weighted by Gasteiger charge is 2.37. The van der Waals surface area contributed by atoms with Gasteiger partial charge in [0.2, 0.25) is 5.95 Å². The lowest BCUT2D eigenvalue weighted by atomic mass is 9.75. The van der Waals surface area contributed by atoms with E-state index in [9.17, 15) is 34.8 Å². The van der Waals surface area contributed by atoms with Crippen molar-refractivity contribution in [3.05, 3.63) is 82.7 Å². The van der Waals surface area contributed by atoms with Crippen molar-refractivity contribution in [2.24, 2.45) is 17.8 Å². The zero-order chi connectivity index (χ0) is 36.4. The van der Waals surface area contributed by atoms with E-state index < -0.39 is 39.0 Å². The molecule has 3 aliphatic rings. The van der Waals surface area contributed by atoms with E-state index >= 15 is 0 Å². The number of allylic oxidation sites excluding steroid dienone is 1. The Morgan fingerprint density at radius 3 is 2.12 bits per heavy atom. The van der Waals surface area contributed by atoms with E-state index in [2.05, 4.69) is 33.3 Å². The van der Waals surface area contributed by atoms with Crippen molar-refractivity contribution < 1.29 is 34.8 Å². The van der Waals surface area contributed by atoms with E-state index in [0.717, 1.165) is 62.8 Å². The van der Waals surface area contributed by atoms with Gasteiger partial charge >= 0.3 is 12.4 Å². The summed E-state index contributed by atoms with van der Waals surface area (Å²) in [6, 6.07) is 8.18. The number of likely N-dealkylation sites (tertiary alicyclic amines) is 1. The molecule has 13 heteroatoms. The summed E-state index contributed by atoms with van der Waals surface area (Å²) < 4.78 is 108. The number of aryl methyl sites for hydroxylation is 1. The molecule has 3 aromatic rings. The molecule has 1 unspecified atom stereocenters. The van der Waals surface area contributed by atoms with Crippen LogP contribution in [-0.2, 0) is 28.6 Å². The van der Waals surface area contributed by atoms with Crippen molar-refractivity contribution in [1.29, 1.82) is 0 Å². The van der Waals surface area contributed by atoms with Gasteiger partial charge in [0.15, 0.2) is 9.84 Å². The molecule has 1 saturated carbocycles. The van der Waals surface area contributed by atoms with E-state index in [4.69, 9.17) is 0 Å². The third-order valence-electron chi connectivity index (χ3n) is 10.9. The number of fused-ring (bicyclic) bond motifs is 1. The van der Waals surface area contributed by atoms with Crippen molar-refractivity contribution in [2.45, 2.75) is 87.9 Å². The maximum Gasteiger partial charge on any atom is 0.416 e. The van der Waals surface area contributed by atoms with Crippen molar-refractivity contribution in [3.8, 4) is 0 Å². The summed E-state index contributed by atoms with van der Waals surface area (Å²) in [5, 5.41) is 2.60. The van der Waals surface area contributed by atoms with Crippen LogP contribution < -0.4 is 5.32 Å². The van der Waals surface area contributed by atoms with Gasteiger partial charge in [-0.1, -0.05) is 50.3 Å². The van der Waals surface area contributed by atoms with Crippen LogP contribution in [-0.4, -0.2) is 49.2 Å². The molecule has 1 saturated heterocycles. The third-order valence-corrected chi connectivity index (χ3v) is 12.6. The monoisotopic (exact) mass is 734 g/mol. The Bertz CT molecular complexity index is 1780. The lowest BCUT2D eigenvalue weighted by molar-refractivity contribution is -0.143. The molecule has 0 amide bonds. The molecule has 2 fully saturated rings. The smallest absolute Gasteiger partial charge is 0.324 e. The molecule has 0 bridgehead atoms. The number of halogens is 6. The van der Waals surface area contributed by atoms with Gasteiger partial charge in [0.25, 0.3) is 0 Å². The molecule has 1 aromatic heterocycles. The summed E-state index contributed by atoms with van der Waals surface area (Å²) in [6.45, 7) is 1.95. The van der Waals surface area contributed by atoms with E-state index in [-0.39, 0.29) is 22.7 Å². The van der Waals surface area contributed by atoms with Crippen LogP contribution in [0, 0.1) is 17.8 Å². The van der Waals surface area contributed by atoms with Crippen LogP contribution >= 0.6 is 0 Å². The molecule has 0 radical (unpaired) electrons. The van der Waals surface area contributed by atoms with Gasteiger partial charge in [-0.2, -0.15) is 26.3 Å². The maximum atomic E-state index is 13.5. The van der Waals surface area contributed by atoms with Crippen LogP contribution in [0.25, 0.3) is 5.57 Å². The van der Waals surface area contributed by atoms with E-state index in [1.807, 2.05) is 0 Å². The Kier molecular flexibility index (Phi) is 11.2. The Labute approximate surface area is 295 Å². The Balaban J connectivity index is 1.29. The average Bonchev–Trinajstić information content (AvgIpc) is 3.08. The van der Waals surface area contributed by atoms with E-state index in [1.54, 1.807) is 30.5 Å². The number of alkyl halides is 6. The van der Waals surface area contributed by atoms with Crippen LogP contribution in [0.1, 0.15) is 92.2 Å². The van der Waals surface area contributed by atoms with E-state index in [0.29, 0.717) is 54.0 Å². The van der Waals surface area contributed by atoms with Gasteiger partial charge in [0, 0.05) is 17.4 Å². The maximum absolute atomic E-state index is 13.5. The van der Waals surface area contributed by atoms with Gasteiger partial charge < -0.3 is 10.2 Å². The fourth-order valence-corrected chi connectivity index (χ4v) is 9.24. The van der Waals surface area contributed by atoms with E-state index in [1.165, 1.54) is 19.3 Å². The molecule has 1 N–H and O–H groups in total. The number of hydrogen-bond donors (Lipinski definition) is 1. The molecule has 51 heavy (non-hydrogen) atoms. The average molecular weight is 735 g/mol. The normalized spacial score (nSPS) is 21.3. The summed E-state index contributed by atoms with van der Waals surface area (Å²) >= 11 is 0. The molecular formula is C38H44F6N4O2S. The summed E-state index contributed by atoms with van der Waals surface area (Å²) in [7, 11) is -1.41. The fourth-order valence-electron chi connectivity index (χ4n) is 7.81. The minimum Gasteiger partial charge on any atom is -0.324 e. The Morgan fingerprint density at radius 2 is 1.49 bits per heavy atom. The molecule has 2 heterocycles. The van der Waals surface area contributed by atoms with Gasteiger partial charge in [-0.15, -0.1) is 0 Å². The highest BCUT2D eigenvalue weighted by atomic mass is 32.2. The number of aromatic nitrogens is 2. The molecule has 6 rings (SSSR count). The largest absolute Gasteiger partial charge is 0.416 e. The van der Waals surface area contributed by atoms with Crippen molar-refractivity contribution in [1.82, 2.24) is 14.9 Å². The lowest BCUT2D eigenvalue weighted by Gasteiger charge is -2.31. The lowest BCUT2D eigenvalue weighted by Crippen LogP contribution is -2.30. The predicted octanol–water partition coefficient (Wildman–Crippen LogP) is 9.73. The summed E-state index contributed by atoms with van der Waals surface area (Å²) in [5.41, 5.74) is -0.362. The third kappa shape index (κ3) is 9.32. The van der Waals surface area contributed by atoms with Crippen LogP contribution in [0.5, 0.6) is 0 Å². The fraction of sp³-hybridized carbons (Fsp3) is 0.526. The Morgan fingerprint density at radius 1 is 0.843 bits per heavy atom. The number of nitrogens with zero attached hydrogens (tertiary/aromatic N) is 3. The van der Waals surface area contributed by atoms with Crippen LogP contribution in [0.2, 0.25) is 0 Å². The van der Waals surface area contributed by atoms with Crippen molar-refractivity contribution >= 4 is 27.0 Å². The quantitative estimate of drug-likeness (QED) is 0.233. The second-order valence-electron chi connectivity index (χ2n) is 14.4. The zero-order valence-electron chi connectivity index (χ0n) is 28.7. The van der Waals surface area contributed by atoms with Crippen LogP contribution in [0.4, 0.5) is 38.0 Å². The first-order valence-corrected chi connectivity index (χ1v) is 19.5. The minimum absolute atomic E-state index is 0.0845. The summed E-state index contributed by atoms with van der Waals surface area (Å²) in [4.78, 5) is 11.5. The molecule has 6 nitrogen and oxygen atoms in total. The van der Waals surface area contributed by atoms with Crippen LogP contribution in [0.3, 0.4) is 0 Å². The van der Waals surface area contributed by atoms with Gasteiger partial charge in [-0.05, 0) is 118 Å². The first-order valence-electron chi connectivity index (χ1n) is 17.8. The SMILES string of the molecule is CN1CCC(CCS(=O)(=O)c2ccc(/C3=C/CC(C4CCCCC4)CCc4nc(Nc5cc(C(F)(F)F)cc(C(F)(F)F)c5)ncc43)cc2)CC1.